The first-order chi connectivity index (χ1) is 17.8. The molecule has 0 aliphatic heterocycles. The van der Waals surface area contributed by atoms with E-state index in [1.54, 1.807) is 57.5 Å². The number of benzene rings is 3. The van der Waals surface area contributed by atoms with Gasteiger partial charge < -0.3 is 28.4 Å². The monoisotopic (exact) mass is 506 g/mol. The molecule has 0 fully saturated rings. The molecule has 8 nitrogen and oxygen atoms in total. The summed E-state index contributed by atoms with van der Waals surface area (Å²) in [7, 11) is 9.14. The zero-order chi connectivity index (χ0) is 26.9. The van der Waals surface area contributed by atoms with Crippen LogP contribution >= 0.6 is 0 Å². The third-order valence-electron chi connectivity index (χ3n) is 7.02. The maximum absolute atomic E-state index is 14.1. The number of hydrogen-bond acceptors (Lipinski definition) is 8. The fourth-order valence-corrected chi connectivity index (χ4v) is 5.10. The van der Waals surface area contributed by atoms with Gasteiger partial charge in [-0.25, -0.2) is 0 Å². The minimum atomic E-state index is -1.49. The lowest BCUT2D eigenvalue weighted by Crippen LogP contribution is -2.37. The second kappa shape index (κ2) is 10.0. The summed E-state index contributed by atoms with van der Waals surface area (Å²) in [5.41, 5.74) is 0.479. The number of carbonyl (C=O) groups is 2. The van der Waals surface area contributed by atoms with Gasteiger partial charge in [0, 0.05) is 17.0 Å². The Hall–Kier alpha value is -4.20. The van der Waals surface area contributed by atoms with E-state index in [1.165, 1.54) is 28.4 Å². The van der Waals surface area contributed by atoms with Crippen molar-refractivity contribution in [2.24, 2.45) is 5.41 Å². The molecule has 0 saturated heterocycles. The molecule has 1 aliphatic carbocycles. The Morgan fingerprint density at radius 3 is 1.16 bits per heavy atom. The summed E-state index contributed by atoms with van der Waals surface area (Å²) in [6, 6.07) is 13.9. The van der Waals surface area contributed by atoms with Crippen molar-refractivity contribution in [1.29, 1.82) is 0 Å². The van der Waals surface area contributed by atoms with Gasteiger partial charge in [-0.15, -0.1) is 0 Å². The number of fused-ring (bicyclic) bond motifs is 1. The van der Waals surface area contributed by atoms with Gasteiger partial charge in [0.2, 0.25) is 0 Å². The van der Waals surface area contributed by atoms with Gasteiger partial charge in [0.25, 0.3) is 0 Å². The van der Waals surface area contributed by atoms with Crippen LogP contribution in [-0.2, 0) is 0 Å². The lowest BCUT2D eigenvalue weighted by Gasteiger charge is -2.33. The Labute approximate surface area is 216 Å². The van der Waals surface area contributed by atoms with Crippen LogP contribution in [0, 0.1) is 5.41 Å². The van der Waals surface area contributed by atoms with E-state index >= 15 is 0 Å². The van der Waals surface area contributed by atoms with E-state index in [0.29, 0.717) is 45.6 Å². The molecule has 0 N–H and O–H groups in total. The van der Waals surface area contributed by atoms with Crippen molar-refractivity contribution >= 4 is 11.6 Å². The van der Waals surface area contributed by atoms with Crippen molar-refractivity contribution in [3.05, 3.63) is 70.8 Å². The van der Waals surface area contributed by atoms with Gasteiger partial charge in [0.05, 0.1) is 42.7 Å². The lowest BCUT2D eigenvalue weighted by atomic mass is 9.67. The summed E-state index contributed by atoms with van der Waals surface area (Å²) >= 11 is 0. The summed E-state index contributed by atoms with van der Waals surface area (Å²) in [6.07, 6.45) is 0. The third-order valence-corrected chi connectivity index (χ3v) is 7.02. The second-order valence-corrected chi connectivity index (χ2v) is 8.78. The number of methoxy groups -OCH3 is 6. The van der Waals surface area contributed by atoms with Crippen molar-refractivity contribution < 1.29 is 38.0 Å². The Balaban J connectivity index is 1.98. The van der Waals surface area contributed by atoms with Gasteiger partial charge >= 0.3 is 0 Å². The Morgan fingerprint density at radius 1 is 0.514 bits per heavy atom. The molecule has 0 bridgehead atoms. The van der Waals surface area contributed by atoms with E-state index in [-0.39, 0.29) is 22.7 Å². The molecular weight excluding hydrogens is 476 g/mol. The Morgan fingerprint density at radius 2 is 0.838 bits per heavy atom. The van der Waals surface area contributed by atoms with Gasteiger partial charge in [-0.3, -0.25) is 9.59 Å². The summed E-state index contributed by atoms with van der Waals surface area (Å²) < 4.78 is 32.7. The molecule has 0 amide bonds. The molecule has 1 aliphatic rings. The molecule has 37 heavy (non-hydrogen) atoms. The van der Waals surface area contributed by atoms with Gasteiger partial charge in [-0.2, -0.15) is 0 Å². The number of hydrogen-bond donors (Lipinski definition) is 0. The average Bonchev–Trinajstić information content (AvgIpc) is 3.12. The maximum Gasteiger partial charge on any atom is 0.178 e. The van der Waals surface area contributed by atoms with E-state index < -0.39 is 11.3 Å². The molecule has 0 radical (unpaired) electrons. The minimum Gasteiger partial charge on any atom is -0.493 e. The molecular formula is C29H30O8. The number of ether oxygens (including phenoxy) is 6. The molecule has 8 heteroatoms. The number of Topliss-reactive ketones (excluding diaryl/α,β-unsaturated/α-hetero) is 2. The van der Waals surface area contributed by atoms with Gasteiger partial charge in [-0.05, 0) is 54.4 Å². The molecule has 0 spiro atoms. The van der Waals surface area contributed by atoms with Crippen molar-refractivity contribution in [2.75, 3.05) is 42.7 Å². The van der Waals surface area contributed by atoms with Gasteiger partial charge in [0.15, 0.2) is 46.1 Å². The molecule has 194 valence electrons. The SMILES string of the molecule is COc1ccc(C(c2ccc(OC)c(OC)c2)C2(C)C(=O)c3cc(OC)c(OC)cc3C2=O)cc1OC. The summed E-state index contributed by atoms with van der Waals surface area (Å²) in [5, 5.41) is 0. The molecule has 0 saturated carbocycles. The first-order valence-corrected chi connectivity index (χ1v) is 11.6. The van der Waals surface area contributed by atoms with Gasteiger partial charge in [-0.1, -0.05) is 12.1 Å². The highest BCUT2D eigenvalue weighted by atomic mass is 16.5. The maximum atomic E-state index is 14.1. The summed E-state index contributed by atoms with van der Waals surface area (Å²) in [5.74, 6) is 1.44. The van der Waals surface area contributed by atoms with Crippen molar-refractivity contribution in [3.63, 3.8) is 0 Å². The van der Waals surface area contributed by atoms with Crippen LogP contribution in [0.25, 0.3) is 0 Å². The summed E-state index contributed by atoms with van der Waals surface area (Å²) in [6.45, 7) is 1.68. The largest absolute Gasteiger partial charge is 0.493 e. The van der Waals surface area contributed by atoms with Crippen molar-refractivity contribution in [2.45, 2.75) is 12.8 Å². The van der Waals surface area contributed by atoms with Gasteiger partial charge in [0.1, 0.15) is 5.41 Å². The van der Waals surface area contributed by atoms with Crippen LogP contribution in [0.4, 0.5) is 0 Å². The predicted octanol–water partition coefficient (Wildman–Crippen LogP) is 4.96. The van der Waals surface area contributed by atoms with E-state index in [0.717, 1.165) is 0 Å². The van der Waals surface area contributed by atoms with Crippen LogP contribution in [0.2, 0.25) is 0 Å². The first kappa shape index (κ1) is 25.9. The molecule has 0 aromatic heterocycles. The predicted molar refractivity (Wildman–Crippen MR) is 137 cm³/mol. The lowest BCUT2D eigenvalue weighted by molar-refractivity contribution is 0.0697. The average molecular weight is 507 g/mol. The zero-order valence-electron chi connectivity index (χ0n) is 22.0. The fraction of sp³-hybridized carbons (Fsp3) is 0.310. The van der Waals surface area contributed by atoms with E-state index in [2.05, 4.69) is 0 Å². The van der Waals surface area contributed by atoms with Crippen LogP contribution < -0.4 is 28.4 Å². The molecule has 3 aromatic carbocycles. The Bertz CT molecular complexity index is 1260. The summed E-state index contributed by atoms with van der Waals surface area (Å²) in [4.78, 5) is 28.2. The van der Waals surface area contributed by atoms with E-state index in [4.69, 9.17) is 28.4 Å². The van der Waals surface area contributed by atoms with E-state index in [1.807, 2.05) is 12.1 Å². The third kappa shape index (κ3) is 4.02. The highest BCUT2D eigenvalue weighted by Gasteiger charge is 2.55. The normalized spacial score (nSPS) is 13.8. The quantitative estimate of drug-likeness (QED) is 0.377. The fourth-order valence-electron chi connectivity index (χ4n) is 5.10. The highest BCUT2D eigenvalue weighted by Crippen LogP contribution is 2.53. The van der Waals surface area contributed by atoms with Crippen LogP contribution in [0.3, 0.4) is 0 Å². The topological polar surface area (TPSA) is 89.5 Å². The molecule has 0 atom stereocenters. The van der Waals surface area contributed by atoms with Crippen LogP contribution in [-0.4, -0.2) is 54.2 Å². The van der Waals surface area contributed by atoms with Crippen molar-refractivity contribution in [3.8, 4) is 34.5 Å². The zero-order valence-corrected chi connectivity index (χ0v) is 22.0. The highest BCUT2D eigenvalue weighted by molar-refractivity contribution is 6.30. The molecule has 0 heterocycles. The first-order valence-electron chi connectivity index (χ1n) is 11.6. The number of carbonyl (C=O) groups excluding carboxylic acids is 2. The molecule has 4 rings (SSSR count). The molecule has 3 aromatic rings. The van der Waals surface area contributed by atoms with Crippen LogP contribution in [0.15, 0.2) is 48.5 Å². The standard InChI is InChI=1S/C29H30O8/c1-29(27(30)18-14-24(36-6)25(37-7)15-19(18)28(29)31)26(16-8-10-20(32-2)22(12-16)34-4)17-9-11-21(33-3)23(13-17)35-5/h8-15,26H,1-7H3. The molecule has 0 unspecified atom stereocenters. The van der Waals surface area contributed by atoms with Crippen LogP contribution in [0.5, 0.6) is 34.5 Å². The second-order valence-electron chi connectivity index (χ2n) is 8.78. The minimum absolute atomic E-state index is 0.288. The smallest absolute Gasteiger partial charge is 0.178 e. The van der Waals surface area contributed by atoms with E-state index in [9.17, 15) is 9.59 Å². The Kier molecular flexibility index (Phi) is 7.03. The number of ketones is 2. The van der Waals surface area contributed by atoms with Crippen molar-refractivity contribution in [1.82, 2.24) is 0 Å². The van der Waals surface area contributed by atoms with Crippen LogP contribution in [0.1, 0.15) is 44.7 Å². The number of rotatable bonds is 9.